The second-order valence-corrected chi connectivity index (χ2v) is 13.2. The molecular formula is C49H32N2O2. The maximum absolute atomic E-state index is 6.39. The van der Waals surface area contributed by atoms with Gasteiger partial charge in [-0.2, -0.15) is 0 Å². The van der Waals surface area contributed by atoms with Crippen LogP contribution in [0.25, 0.3) is 77.9 Å². The third kappa shape index (κ3) is 5.63. The summed E-state index contributed by atoms with van der Waals surface area (Å²) in [4.78, 5) is 7.06. The molecule has 250 valence electrons. The van der Waals surface area contributed by atoms with Gasteiger partial charge >= 0.3 is 0 Å². The number of fused-ring (bicyclic) bond motifs is 5. The average Bonchev–Trinajstić information content (AvgIpc) is 3.84. The van der Waals surface area contributed by atoms with Gasteiger partial charge in [-0.3, -0.25) is 0 Å². The first-order valence-electron chi connectivity index (χ1n) is 17.8. The highest BCUT2D eigenvalue weighted by atomic mass is 16.4. The molecule has 0 spiro atoms. The first-order chi connectivity index (χ1) is 26.2. The molecule has 0 aliphatic carbocycles. The monoisotopic (exact) mass is 680 g/mol. The molecule has 0 amide bonds. The van der Waals surface area contributed by atoms with Crippen LogP contribution in [-0.2, 0) is 0 Å². The summed E-state index contributed by atoms with van der Waals surface area (Å²) < 4.78 is 12.7. The quantitative estimate of drug-likeness (QED) is 0.168. The summed E-state index contributed by atoms with van der Waals surface area (Å²) in [6, 6.07) is 67.6. The Hall–Kier alpha value is -7.17. The molecule has 4 heteroatoms. The Bertz CT molecular complexity index is 2840. The van der Waals surface area contributed by atoms with E-state index in [0.717, 1.165) is 66.8 Å². The zero-order valence-electron chi connectivity index (χ0n) is 28.7. The van der Waals surface area contributed by atoms with Crippen molar-refractivity contribution in [3.63, 3.8) is 0 Å². The summed E-state index contributed by atoms with van der Waals surface area (Å²) in [6.07, 6.45) is 0. The Morgan fingerprint density at radius 3 is 1.43 bits per heavy atom. The summed E-state index contributed by atoms with van der Waals surface area (Å²) in [5.74, 6) is 0.605. The number of anilines is 3. The number of rotatable bonds is 7. The molecule has 0 saturated carbocycles. The van der Waals surface area contributed by atoms with Gasteiger partial charge in [0.05, 0.1) is 5.39 Å². The van der Waals surface area contributed by atoms with Crippen molar-refractivity contribution in [1.82, 2.24) is 4.98 Å². The van der Waals surface area contributed by atoms with Gasteiger partial charge in [-0.15, -0.1) is 0 Å². The first kappa shape index (κ1) is 30.6. The van der Waals surface area contributed by atoms with Crippen LogP contribution in [0.15, 0.2) is 203 Å². The van der Waals surface area contributed by atoms with E-state index in [1.165, 1.54) is 22.3 Å². The van der Waals surface area contributed by atoms with Crippen LogP contribution in [0.5, 0.6) is 0 Å². The van der Waals surface area contributed by atoms with Gasteiger partial charge in [0.25, 0.3) is 0 Å². The fourth-order valence-corrected chi connectivity index (χ4v) is 7.25. The van der Waals surface area contributed by atoms with E-state index in [0.29, 0.717) is 5.89 Å². The van der Waals surface area contributed by atoms with Gasteiger partial charge in [-0.25, -0.2) is 4.98 Å². The van der Waals surface area contributed by atoms with Gasteiger partial charge in [0.1, 0.15) is 16.7 Å². The molecule has 2 heterocycles. The normalized spacial score (nSPS) is 11.4. The lowest BCUT2D eigenvalue weighted by Gasteiger charge is -2.26. The standard InChI is InChI=1S/C49H32N2O2/c1-4-10-33(11-5-1)34-16-18-35(19-17-34)36-20-25-41(26-21-36)51(40-14-8-3-9-15-40)42-27-22-37(23-28-42)39-24-29-43-46(32-39)52-45-31-30-44-48(47(43)45)53-49(50-44)38-12-6-2-7-13-38/h1-32H. The van der Waals surface area contributed by atoms with Crippen molar-refractivity contribution >= 4 is 50.1 Å². The Labute approximate surface area is 306 Å². The minimum absolute atomic E-state index is 0.605. The van der Waals surface area contributed by atoms with E-state index in [1.54, 1.807) is 0 Å². The smallest absolute Gasteiger partial charge is 0.227 e. The van der Waals surface area contributed by atoms with E-state index in [9.17, 15) is 0 Å². The lowest BCUT2D eigenvalue weighted by molar-refractivity contribution is 0.622. The highest BCUT2D eigenvalue weighted by Crippen LogP contribution is 2.40. The Morgan fingerprint density at radius 1 is 0.358 bits per heavy atom. The summed E-state index contributed by atoms with van der Waals surface area (Å²) in [6.45, 7) is 0. The molecule has 10 aromatic rings. The van der Waals surface area contributed by atoms with E-state index in [4.69, 9.17) is 13.8 Å². The Kier molecular flexibility index (Phi) is 7.43. The average molecular weight is 681 g/mol. The zero-order chi connectivity index (χ0) is 35.1. The number of nitrogens with zero attached hydrogens (tertiary/aromatic N) is 2. The van der Waals surface area contributed by atoms with Crippen molar-refractivity contribution in [1.29, 1.82) is 0 Å². The van der Waals surface area contributed by atoms with Gasteiger partial charge in [0, 0.05) is 28.0 Å². The summed E-state index contributed by atoms with van der Waals surface area (Å²) in [7, 11) is 0. The van der Waals surface area contributed by atoms with Gasteiger partial charge < -0.3 is 13.7 Å². The van der Waals surface area contributed by atoms with E-state index < -0.39 is 0 Å². The van der Waals surface area contributed by atoms with Crippen LogP contribution < -0.4 is 4.90 Å². The minimum atomic E-state index is 0.605. The lowest BCUT2D eigenvalue weighted by Crippen LogP contribution is -2.09. The lowest BCUT2D eigenvalue weighted by atomic mass is 10.00. The van der Waals surface area contributed by atoms with Crippen molar-refractivity contribution in [3.8, 4) is 44.8 Å². The minimum Gasteiger partial charge on any atom is -0.456 e. The van der Waals surface area contributed by atoms with Crippen LogP contribution >= 0.6 is 0 Å². The molecule has 4 nitrogen and oxygen atoms in total. The molecule has 0 atom stereocenters. The Balaban J connectivity index is 0.956. The van der Waals surface area contributed by atoms with Crippen molar-refractivity contribution < 1.29 is 8.83 Å². The molecule has 0 unspecified atom stereocenters. The van der Waals surface area contributed by atoms with Crippen LogP contribution in [0.4, 0.5) is 17.1 Å². The fourth-order valence-electron chi connectivity index (χ4n) is 7.25. The van der Waals surface area contributed by atoms with Gasteiger partial charge in [0.15, 0.2) is 5.58 Å². The van der Waals surface area contributed by atoms with E-state index in [2.05, 4.69) is 150 Å². The predicted molar refractivity (Wildman–Crippen MR) is 218 cm³/mol. The molecule has 0 aliphatic heterocycles. The third-order valence-corrected chi connectivity index (χ3v) is 9.94. The number of hydrogen-bond acceptors (Lipinski definition) is 4. The Morgan fingerprint density at radius 2 is 0.830 bits per heavy atom. The highest BCUT2D eigenvalue weighted by Gasteiger charge is 2.18. The first-order valence-corrected chi connectivity index (χ1v) is 17.8. The molecule has 0 aliphatic rings. The van der Waals surface area contributed by atoms with E-state index in [-0.39, 0.29) is 0 Å². The van der Waals surface area contributed by atoms with Crippen LogP contribution in [0, 0.1) is 0 Å². The van der Waals surface area contributed by atoms with E-state index >= 15 is 0 Å². The molecule has 0 saturated heterocycles. The SMILES string of the molecule is c1ccc(-c2ccc(-c3ccc(N(c4ccccc4)c4ccc(-c5ccc6c(c5)oc5ccc7nc(-c8ccccc8)oc7c56)cc4)cc3)cc2)cc1. The summed E-state index contributed by atoms with van der Waals surface area (Å²) in [5, 5.41) is 1.95. The highest BCUT2D eigenvalue weighted by molar-refractivity contribution is 6.16. The second kappa shape index (κ2) is 12.9. The molecule has 0 bridgehead atoms. The van der Waals surface area contributed by atoms with Gasteiger partial charge in [-0.05, 0) is 106 Å². The maximum Gasteiger partial charge on any atom is 0.227 e. The second-order valence-electron chi connectivity index (χ2n) is 13.2. The number of para-hydroxylation sites is 1. The zero-order valence-corrected chi connectivity index (χ0v) is 28.7. The van der Waals surface area contributed by atoms with E-state index in [1.807, 2.05) is 48.5 Å². The molecule has 2 aromatic heterocycles. The summed E-state index contributed by atoms with van der Waals surface area (Å²) in [5.41, 5.74) is 14.4. The molecular weight excluding hydrogens is 649 g/mol. The van der Waals surface area contributed by atoms with Crippen LogP contribution in [-0.4, -0.2) is 4.98 Å². The predicted octanol–water partition coefficient (Wildman–Crippen LogP) is 13.9. The molecule has 0 fully saturated rings. The molecule has 10 rings (SSSR count). The number of oxazole rings is 1. The van der Waals surface area contributed by atoms with Crippen molar-refractivity contribution in [2.75, 3.05) is 4.90 Å². The van der Waals surface area contributed by atoms with Crippen LogP contribution in [0.1, 0.15) is 0 Å². The number of aromatic nitrogens is 1. The van der Waals surface area contributed by atoms with Crippen LogP contribution in [0.2, 0.25) is 0 Å². The van der Waals surface area contributed by atoms with Crippen molar-refractivity contribution in [2.24, 2.45) is 0 Å². The topological polar surface area (TPSA) is 42.4 Å². The molecule has 0 N–H and O–H groups in total. The number of benzene rings is 8. The number of furan rings is 1. The van der Waals surface area contributed by atoms with Gasteiger partial charge in [0.2, 0.25) is 5.89 Å². The maximum atomic E-state index is 6.39. The fraction of sp³-hybridized carbons (Fsp3) is 0. The summed E-state index contributed by atoms with van der Waals surface area (Å²) >= 11 is 0. The van der Waals surface area contributed by atoms with Crippen molar-refractivity contribution in [2.45, 2.75) is 0 Å². The van der Waals surface area contributed by atoms with Crippen molar-refractivity contribution in [3.05, 3.63) is 194 Å². The third-order valence-electron chi connectivity index (χ3n) is 9.94. The molecule has 0 radical (unpaired) electrons. The number of hydrogen-bond donors (Lipinski definition) is 0. The molecule has 53 heavy (non-hydrogen) atoms. The largest absolute Gasteiger partial charge is 0.456 e. The van der Waals surface area contributed by atoms with Crippen LogP contribution in [0.3, 0.4) is 0 Å². The molecule has 8 aromatic carbocycles. The van der Waals surface area contributed by atoms with Gasteiger partial charge in [-0.1, -0.05) is 121 Å².